The number of aryl methyl sites for hydroxylation is 1. The van der Waals surface area contributed by atoms with Crippen LogP contribution in [0.15, 0.2) is 47.2 Å². The predicted octanol–water partition coefficient (Wildman–Crippen LogP) is 5.48. The van der Waals surface area contributed by atoms with Gasteiger partial charge in [0.25, 0.3) is 5.91 Å². The third-order valence-electron chi connectivity index (χ3n) is 5.31. The van der Waals surface area contributed by atoms with Gasteiger partial charge in [0.1, 0.15) is 5.82 Å². The molecular formula is C23H25BrN4O. The summed E-state index contributed by atoms with van der Waals surface area (Å²) in [6.07, 6.45) is 9.15. The van der Waals surface area contributed by atoms with E-state index in [1.54, 1.807) is 0 Å². The Kier molecular flexibility index (Phi) is 6.09. The van der Waals surface area contributed by atoms with E-state index in [0.29, 0.717) is 5.56 Å². The molecule has 1 fully saturated rings. The average Bonchev–Trinajstić information content (AvgIpc) is 3.25. The number of aromatic nitrogens is 3. The lowest BCUT2D eigenvalue weighted by atomic mass is 10.1. The van der Waals surface area contributed by atoms with Crippen LogP contribution < -0.4 is 0 Å². The van der Waals surface area contributed by atoms with Crippen molar-refractivity contribution < 1.29 is 4.79 Å². The quantitative estimate of drug-likeness (QED) is 0.557. The van der Waals surface area contributed by atoms with Crippen molar-refractivity contribution in [3.8, 4) is 22.6 Å². The van der Waals surface area contributed by atoms with Crippen molar-refractivity contribution in [3.05, 3.63) is 58.5 Å². The van der Waals surface area contributed by atoms with Crippen LogP contribution in [0.2, 0.25) is 0 Å². The molecule has 3 heterocycles. The van der Waals surface area contributed by atoms with Crippen LogP contribution in [0.25, 0.3) is 22.6 Å². The van der Waals surface area contributed by atoms with E-state index < -0.39 is 0 Å². The van der Waals surface area contributed by atoms with Crippen LogP contribution in [0.4, 0.5) is 0 Å². The highest BCUT2D eigenvalue weighted by atomic mass is 79.9. The summed E-state index contributed by atoms with van der Waals surface area (Å²) in [4.78, 5) is 27.2. The largest absolute Gasteiger partial charge is 0.344 e. The number of imidazole rings is 1. The average molecular weight is 453 g/mol. The Morgan fingerprint density at radius 1 is 1.14 bits per heavy atom. The molecule has 1 aliphatic rings. The first-order chi connectivity index (χ1) is 14.2. The molecule has 0 unspecified atom stereocenters. The Bertz CT molecular complexity index is 1010. The topological polar surface area (TPSA) is 61.9 Å². The Hall–Kier alpha value is -2.47. The molecule has 1 aromatic carbocycles. The summed E-state index contributed by atoms with van der Waals surface area (Å²) in [5.74, 6) is 0.926. The van der Waals surface area contributed by atoms with Gasteiger partial charge in [0.15, 0.2) is 0 Å². The second-order valence-corrected chi connectivity index (χ2v) is 8.32. The minimum absolute atomic E-state index is 0.103. The number of rotatable bonds is 5. The second kappa shape index (κ2) is 8.91. The Morgan fingerprint density at radius 3 is 2.72 bits per heavy atom. The fraction of sp³-hybridized carbons (Fsp3) is 0.348. The van der Waals surface area contributed by atoms with Gasteiger partial charge in [-0.05, 0) is 65.9 Å². The van der Waals surface area contributed by atoms with Gasteiger partial charge in [-0.3, -0.25) is 9.78 Å². The molecule has 0 saturated carbocycles. The van der Waals surface area contributed by atoms with E-state index >= 15 is 0 Å². The van der Waals surface area contributed by atoms with Crippen molar-refractivity contribution in [1.82, 2.24) is 19.9 Å². The van der Waals surface area contributed by atoms with E-state index in [-0.39, 0.29) is 5.91 Å². The fourth-order valence-corrected chi connectivity index (χ4v) is 4.30. The van der Waals surface area contributed by atoms with E-state index in [1.807, 2.05) is 41.6 Å². The monoisotopic (exact) mass is 452 g/mol. The standard InChI is InChI=1S/C23H25BrN4O/c1-2-6-18-13-17(9-10-25-18)22-26-15-21(27-22)16-7-8-19(20(24)14-16)23(29)28-11-4-3-5-12-28/h7-10,13-15H,2-6,11-12H2,1H3,(H,26,27). The Labute approximate surface area is 179 Å². The van der Waals surface area contributed by atoms with E-state index in [1.165, 1.54) is 6.42 Å². The number of nitrogens with zero attached hydrogens (tertiary/aromatic N) is 3. The number of piperidine rings is 1. The summed E-state index contributed by atoms with van der Waals surface area (Å²) >= 11 is 3.60. The molecule has 0 atom stereocenters. The zero-order valence-corrected chi connectivity index (χ0v) is 18.2. The molecule has 0 spiro atoms. The lowest BCUT2D eigenvalue weighted by molar-refractivity contribution is 0.0723. The molecule has 1 aliphatic heterocycles. The number of carbonyl (C=O) groups is 1. The van der Waals surface area contributed by atoms with Crippen LogP contribution >= 0.6 is 15.9 Å². The minimum Gasteiger partial charge on any atom is -0.344 e. The van der Waals surface area contributed by atoms with Crippen LogP contribution in [0.3, 0.4) is 0 Å². The first-order valence-corrected chi connectivity index (χ1v) is 11.0. The molecule has 0 aliphatic carbocycles. The molecule has 4 rings (SSSR count). The fourth-order valence-electron chi connectivity index (χ4n) is 3.75. The molecule has 5 nitrogen and oxygen atoms in total. The molecule has 6 heteroatoms. The normalized spacial score (nSPS) is 14.2. The van der Waals surface area contributed by atoms with E-state index in [4.69, 9.17) is 4.98 Å². The molecule has 29 heavy (non-hydrogen) atoms. The van der Waals surface area contributed by atoms with E-state index in [9.17, 15) is 4.79 Å². The van der Waals surface area contributed by atoms with Gasteiger partial charge in [-0.1, -0.05) is 19.4 Å². The van der Waals surface area contributed by atoms with Crippen LogP contribution in [-0.4, -0.2) is 38.8 Å². The number of aromatic amines is 1. The van der Waals surface area contributed by atoms with Crippen molar-refractivity contribution >= 4 is 21.8 Å². The number of carbonyl (C=O) groups excluding carboxylic acids is 1. The Morgan fingerprint density at radius 2 is 1.97 bits per heavy atom. The van der Waals surface area contributed by atoms with Gasteiger partial charge in [0.05, 0.1) is 11.3 Å². The van der Waals surface area contributed by atoms with Crippen molar-refractivity contribution in [2.24, 2.45) is 0 Å². The van der Waals surface area contributed by atoms with Gasteiger partial charge in [0, 0.05) is 46.8 Å². The van der Waals surface area contributed by atoms with Crippen LogP contribution in [0.5, 0.6) is 0 Å². The highest BCUT2D eigenvalue weighted by Crippen LogP contribution is 2.28. The van der Waals surface area contributed by atoms with Crippen molar-refractivity contribution in [3.63, 3.8) is 0 Å². The summed E-state index contributed by atoms with van der Waals surface area (Å²) in [6.45, 7) is 3.85. The van der Waals surface area contributed by atoms with E-state index in [2.05, 4.69) is 38.9 Å². The Balaban J connectivity index is 1.56. The zero-order valence-electron chi connectivity index (χ0n) is 16.6. The van der Waals surface area contributed by atoms with Crippen molar-refractivity contribution in [1.29, 1.82) is 0 Å². The molecule has 0 radical (unpaired) electrons. The van der Waals surface area contributed by atoms with Crippen molar-refractivity contribution in [2.45, 2.75) is 39.0 Å². The number of H-pyrrole nitrogens is 1. The number of amides is 1. The molecule has 1 saturated heterocycles. The summed E-state index contributed by atoms with van der Waals surface area (Å²) in [5.41, 5.74) is 4.64. The second-order valence-electron chi connectivity index (χ2n) is 7.47. The molecule has 3 aromatic rings. The lowest BCUT2D eigenvalue weighted by Gasteiger charge is -2.27. The SMILES string of the molecule is CCCc1cc(-c2nc(-c3ccc(C(=O)N4CCCCC4)c(Br)c3)c[nH]2)ccn1. The number of hydrogen-bond acceptors (Lipinski definition) is 3. The first kappa shape index (κ1) is 19.8. The van der Waals surface area contributed by atoms with Gasteiger partial charge in [-0.15, -0.1) is 0 Å². The van der Waals surface area contributed by atoms with Gasteiger partial charge in [-0.2, -0.15) is 0 Å². The van der Waals surface area contributed by atoms with Gasteiger partial charge >= 0.3 is 0 Å². The first-order valence-electron chi connectivity index (χ1n) is 10.3. The smallest absolute Gasteiger partial charge is 0.254 e. The highest BCUT2D eigenvalue weighted by Gasteiger charge is 2.20. The molecule has 150 valence electrons. The number of pyridine rings is 1. The molecule has 1 N–H and O–H groups in total. The maximum absolute atomic E-state index is 12.8. The number of hydrogen-bond donors (Lipinski definition) is 1. The summed E-state index contributed by atoms with van der Waals surface area (Å²) in [7, 11) is 0. The maximum atomic E-state index is 12.8. The summed E-state index contributed by atoms with van der Waals surface area (Å²) in [5, 5.41) is 0. The third-order valence-corrected chi connectivity index (χ3v) is 5.97. The highest BCUT2D eigenvalue weighted by molar-refractivity contribution is 9.10. The number of halogens is 1. The molecule has 2 aromatic heterocycles. The molecular weight excluding hydrogens is 428 g/mol. The van der Waals surface area contributed by atoms with Crippen LogP contribution in [-0.2, 0) is 6.42 Å². The molecule has 0 bridgehead atoms. The van der Waals surface area contributed by atoms with Crippen LogP contribution in [0.1, 0.15) is 48.7 Å². The number of benzene rings is 1. The summed E-state index contributed by atoms with van der Waals surface area (Å²) < 4.78 is 0.810. The van der Waals surface area contributed by atoms with Crippen molar-refractivity contribution in [2.75, 3.05) is 13.1 Å². The van der Waals surface area contributed by atoms with Gasteiger partial charge in [-0.25, -0.2) is 4.98 Å². The molecule has 1 amide bonds. The predicted molar refractivity (Wildman–Crippen MR) is 119 cm³/mol. The third kappa shape index (κ3) is 4.42. The maximum Gasteiger partial charge on any atom is 0.254 e. The zero-order chi connectivity index (χ0) is 20.2. The number of nitrogens with one attached hydrogen (secondary N) is 1. The number of likely N-dealkylation sites (tertiary alicyclic amines) is 1. The summed E-state index contributed by atoms with van der Waals surface area (Å²) in [6, 6.07) is 9.90. The minimum atomic E-state index is 0.103. The van der Waals surface area contributed by atoms with Crippen LogP contribution in [0, 0.1) is 0 Å². The van der Waals surface area contributed by atoms with Gasteiger partial charge in [0.2, 0.25) is 0 Å². The van der Waals surface area contributed by atoms with Gasteiger partial charge < -0.3 is 9.88 Å². The van der Waals surface area contributed by atoms with E-state index in [0.717, 1.165) is 71.6 Å². The lowest BCUT2D eigenvalue weighted by Crippen LogP contribution is -2.35.